The second-order valence-corrected chi connectivity index (χ2v) is 6.03. The second-order valence-electron chi connectivity index (χ2n) is 6.03. The van der Waals surface area contributed by atoms with Crippen LogP contribution in [0.1, 0.15) is 44.5 Å². The lowest BCUT2D eigenvalue weighted by molar-refractivity contribution is -0.139. The second kappa shape index (κ2) is 8.41. The molecule has 0 bridgehead atoms. The van der Waals surface area contributed by atoms with Gasteiger partial charge in [0, 0.05) is 5.56 Å². The Labute approximate surface area is 136 Å². The summed E-state index contributed by atoms with van der Waals surface area (Å²) in [4.78, 5) is 23.5. The number of rotatable bonds is 8. The molecule has 0 saturated heterocycles. The molecule has 1 atom stereocenters. The number of nitrogens with one attached hydrogen (secondary N) is 1. The molecule has 1 rings (SSSR count). The molecular formula is C17H25NO5. The minimum atomic E-state index is -1.04. The normalized spacial score (nSPS) is 12.1. The maximum absolute atomic E-state index is 12.3. The molecule has 1 aromatic rings. The maximum atomic E-state index is 12.3. The molecule has 0 saturated carbocycles. The fourth-order valence-electron chi connectivity index (χ4n) is 2.09. The van der Waals surface area contributed by atoms with Crippen molar-refractivity contribution in [3.63, 3.8) is 0 Å². The lowest BCUT2D eigenvalue weighted by Gasteiger charge is -2.17. The number of carboxylic acids is 1. The van der Waals surface area contributed by atoms with Gasteiger partial charge in [-0.05, 0) is 44.4 Å². The first-order chi connectivity index (χ1) is 10.7. The number of aliphatic carboxylic acids is 1. The molecule has 0 fully saturated rings. The van der Waals surface area contributed by atoms with Crippen LogP contribution in [0.15, 0.2) is 18.2 Å². The third-order valence-corrected chi connectivity index (χ3v) is 3.10. The van der Waals surface area contributed by atoms with Crippen LogP contribution in [0.25, 0.3) is 0 Å². The molecule has 0 heterocycles. The van der Waals surface area contributed by atoms with E-state index in [1.165, 1.54) is 7.11 Å². The molecular weight excluding hydrogens is 298 g/mol. The maximum Gasteiger partial charge on any atom is 0.326 e. The van der Waals surface area contributed by atoms with Crippen molar-refractivity contribution in [2.45, 2.75) is 46.3 Å². The molecule has 0 aliphatic carbocycles. The van der Waals surface area contributed by atoms with E-state index in [0.717, 1.165) is 0 Å². The van der Waals surface area contributed by atoms with Gasteiger partial charge in [-0.1, -0.05) is 13.8 Å². The predicted molar refractivity (Wildman–Crippen MR) is 87.1 cm³/mol. The van der Waals surface area contributed by atoms with Crippen molar-refractivity contribution < 1.29 is 24.2 Å². The van der Waals surface area contributed by atoms with Gasteiger partial charge < -0.3 is 19.9 Å². The van der Waals surface area contributed by atoms with E-state index in [1.54, 1.807) is 18.2 Å². The Morgan fingerprint density at radius 3 is 2.30 bits per heavy atom. The van der Waals surface area contributed by atoms with Crippen LogP contribution in [0, 0.1) is 5.92 Å². The Balaban J connectivity index is 2.92. The third kappa shape index (κ3) is 5.81. The fraction of sp³-hybridized carbons (Fsp3) is 0.529. The molecule has 23 heavy (non-hydrogen) atoms. The summed E-state index contributed by atoms with van der Waals surface area (Å²) in [6.07, 6.45) is 0.346. The van der Waals surface area contributed by atoms with E-state index < -0.39 is 17.9 Å². The Kier molecular flexibility index (Phi) is 6.88. The minimum absolute atomic E-state index is 0.0222. The fourth-order valence-corrected chi connectivity index (χ4v) is 2.09. The molecule has 0 aromatic heterocycles. The zero-order valence-corrected chi connectivity index (χ0v) is 14.3. The summed E-state index contributed by atoms with van der Waals surface area (Å²) in [6, 6.07) is 3.86. The van der Waals surface area contributed by atoms with E-state index in [9.17, 15) is 14.7 Å². The molecule has 0 aliphatic rings. The first kappa shape index (κ1) is 18.8. The minimum Gasteiger partial charge on any atom is -0.493 e. The SMILES string of the molecule is COc1cc(C(=O)NC(CC(C)C)C(=O)O)ccc1OC(C)C. The highest BCUT2D eigenvalue weighted by molar-refractivity contribution is 5.97. The van der Waals surface area contributed by atoms with E-state index >= 15 is 0 Å². The summed E-state index contributed by atoms with van der Waals surface area (Å²) in [5.41, 5.74) is 0.327. The highest BCUT2D eigenvalue weighted by Gasteiger charge is 2.22. The number of ether oxygens (including phenoxy) is 2. The van der Waals surface area contributed by atoms with Gasteiger partial charge in [0.05, 0.1) is 13.2 Å². The van der Waals surface area contributed by atoms with E-state index in [0.29, 0.717) is 23.5 Å². The van der Waals surface area contributed by atoms with Crippen LogP contribution < -0.4 is 14.8 Å². The van der Waals surface area contributed by atoms with Gasteiger partial charge in [0.1, 0.15) is 6.04 Å². The molecule has 1 amide bonds. The van der Waals surface area contributed by atoms with Crippen LogP contribution in [0.4, 0.5) is 0 Å². The number of carbonyl (C=O) groups excluding carboxylic acids is 1. The molecule has 0 spiro atoms. The average Bonchev–Trinajstić information content (AvgIpc) is 2.45. The highest BCUT2D eigenvalue weighted by atomic mass is 16.5. The quantitative estimate of drug-likeness (QED) is 0.768. The van der Waals surface area contributed by atoms with E-state index in [1.807, 2.05) is 27.7 Å². The first-order valence-electron chi connectivity index (χ1n) is 7.63. The molecule has 0 aliphatic heterocycles. The molecule has 128 valence electrons. The summed E-state index contributed by atoms with van der Waals surface area (Å²) < 4.78 is 10.8. The highest BCUT2D eigenvalue weighted by Crippen LogP contribution is 2.29. The van der Waals surface area contributed by atoms with Crippen LogP contribution in [-0.2, 0) is 4.79 Å². The van der Waals surface area contributed by atoms with Gasteiger partial charge in [0.2, 0.25) is 0 Å². The van der Waals surface area contributed by atoms with Gasteiger partial charge >= 0.3 is 5.97 Å². The zero-order chi connectivity index (χ0) is 17.6. The largest absolute Gasteiger partial charge is 0.493 e. The van der Waals surface area contributed by atoms with Gasteiger partial charge in [0.15, 0.2) is 11.5 Å². The van der Waals surface area contributed by atoms with Crippen LogP contribution in [0.5, 0.6) is 11.5 Å². The topological polar surface area (TPSA) is 84.9 Å². The van der Waals surface area contributed by atoms with Gasteiger partial charge in [-0.3, -0.25) is 4.79 Å². The van der Waals surface area contributed by atoms with Crippen LogP contribution in [0.3, 0.4) is 0 Å². The molecule has 2 N–H and O–H groups in total. The van der Waals surface area contributed by atoms with E-state index in [4.69, 9.17) is 9.47 Å². The van der Waals surface area contributed by atoms with Gasteiger partial charge in [0.25, 0.3) is 5.91 Å². The number of hydrogen-bond donors (Lipinski definition) is 2. The Morgan fingerprint density at radius 2 is 1.83 bits per heavy atom. The van der Waals surface area contributed by atoms with Crippen LogP contribution >= 0.6 is 0 Å². The number of carboxylic acid groups (broad SMARTS) is 1. The Bertz CT molecular complexity index is 554. The van der Waals surface area contributed by atoms with Crippen molar-refractivity contribution >= 4 is 11.9 Å². The van der Waals surface area contributed by atoms with Crippen molar-refractivity contribution in [3.8, 4) is 11.5 Å². The number of hydrogen-bond acceptors (Lipinski definition) is 4. The van der Waals surface area contributed by atoms with Gasteiger partial charge in [-0.15, -0.1) is 0 Å². The third-order valence-electron chi connectivity index (χ3n) is 3.10. The molecule has 6 heteroatoms. The Morgan fingerprint density at radius 1 is 1.17 bits per heavy atom. The number of carbonyl (C=O) groups is 2. The predicted octanol–water partition coefficient (Wildman–Crippen LogP) is 2.71. The molecule has 1 unspecified atom stereocenters. The van der Waals surface area contributed by atoms with Crippen LogP contribution in [0.2, 0.25) is 0 Å². The zero-order valence-electron chi connectivity index (χ0n) is 14.3. The average molecular weight is 323 g/mol. The van der Waals surface area contributed by atoms with Crippen molar-refractivity contribution in [1.82, 2.24) is 5.32 Å². The van der Waals surface area contributed by atoms with Crippen LogP contribution in [-0.4, -0.2) is 36.2 Å². The summed E-state index contributed by atoms with van der Waals surface area (Å²) in [7, 11) is 1.49. The number of amides is 1. The smallest absolute Gasteiger partial charge is 0.326 e. The van der Waals surface area contributed by atoms with Crippen molar-refractivity contribution in [1.29, 1.82) is 0 Å². The molecule has 6 nitrogen and oxygen atoms in total. The van der Waals surface area contributed by atoms with E-state index in [-0.39, 0.29) is 12.0 Å². The lowest BCUT2D eigenvalue weighted by atomic mass is 10.0. The Hall–Kier alpha value is -2.24. The standard InChI is InChI=1S/C17H25NO5/c1-10(2)8-13(17(20)21)18-16(19)12-6-7-14(23-11(3)4)15(9-12)22-5/h6-7,9-11,13H,8H2,1-5H3,(H,18,19)(H,20,21). The number of methoxy groups -OCH3 is 1. The lowest BCUT2D eigenvalue weighted by Crippen LogP contribution is -2.41. The summed E-state index contributed by atoms with van der Waals surface area (Å²) in [6.45, 7) is 7.60. The molecule has 0 radical (unpaired) electrons. The van der Waals surface area contributed by atoms with Crippen molar-refractivity contribution in [2.75, 3.05) is 7.11 Å². The van der Waals surface area contributed by atoms with Crippen molar-refractivity contribution in [2.24, 2.45) is 5.92 Å². The molecule has 1 aromatic carbocycles. The monoisotopic (exact) mass is 323 g/mol. The number of benzene rings is 1. The summed E-state index contributed by atoms with van der Waals surface area (Å²) >= 11 is 0. The van der Waals surface area contributed by atoms with Gasteiger partial charge in [-0.25, -0.2) is 4.79 Å². The van der Waals surface area contributed by atoms with Crippen molar-refractivity contribution in [3.05, 3.63) is 23.8 Å². The van der Waals surface area contributed by atoms with E-state index in [2.05, 4.69) is 5.32 Å². The van der Waals surface area contributed by atoms with Gasteiger partial charge in [-0.2, -0.15) is 0 Å². The summed E-state index contributed by atoms with van der Waals surface area (Å²) in [5, 5.41) is 11.7. The first-order valence-corrected chi connectivity index (χ1v) is 7.63. The summed E-state index contributed by atoms with van der Waals surface area (Å²) in [5.74, 6) is -0.364.